The highest BCUT2D eigenvalue weighted by Gasteiger charge is 2.11. The molecule has 0 bridgehead atoms. The molecule has 110 valence electrons. The number of aliphatic carboxylic acids is 1. The number of carboxylic acids is 1. The number of benzene rings is 1. The topological polar surface area (TPSA) is 102 Å². The van der Waals surface area contributed by atoms with Gasteiger partial charge in [0.15, 0.2) is 0 Å². The Balaban J connectivity index is 2.48. The summed E-state index contributed by atoms with van der Waals surface area (Å²) in [7, 11) is 1.52. The SMILES string of the molecule is COC(CN)CC(=O)Nc1ccc(CCC(=O)O)cc1. The average Bonchev–Trinajstić information content (AvgIpc) is 2.44. The summed E-state index contributed by atoms with van der Waals surface area (Å²) in [5.41, 5.74) is 7.04. The molecule has 1 atom stereocenters. The molecule has 6 nitrogen and oxygen atoms in total. The zero-order valence-electron chi connectivity index (χ0n) is 11.5. The lowest BCUT2D eigenvalue weighted by molar-refractivity contribution is -0.137. The molecule has 0 aromatic heterocycles. The van der Waals surface area contributed by atoms with Crippen molar-refractivity contribution in [3.63, 3.8) is 0 Å². The number of nitrogens with two attached hydrogens (primary N) is 1. The van der Waals surface area contributed by atoms with E-state index in [2.05, 4.69) is 5.32 Å². The van der Waals surface area contributed by atoms with E-state index < -0.39 is 5.97 Å². The summed E-state index contributed by atoms with van der Waals surface area (Å²) in [5.74, 6) is -0.990. The summed E-state index contributed by atoms with van der Waals surface area (Å²) >= 11 is 0. The maximum absolute atomic E-state index is 11.7. The number of carboxylic acid groups (broad SMARTS) is 1. The number of carbonyl (C=O) groups is 2. The predicted molar refractivity (Wildman–Crippen MR) is 75.5 cm³/mol. The third kappa shape index (κ3) is 5.81. The first-order chi connectivity index (χ1) is 9.55. The number of anilines is 1. The quantitative estimate of drug-likeness (QED) is 0.659. The molecule has 0 fully saturated rings. The molecule has 0 saturated heterocycles. The van der Waals surface area contributed by atoms with E-state index in [0.29, 0.717) is 12.1 Å². The number of ether oxygens (including phenoxy) is 1. The minimum atomic E-state index is -0.824. The minimum absolute atomic E-state index is 0.0950. The molecule has 1 rings (SSSR count). The van der Waals surface area contributed by atoms with Crippen molar-refractivity contribution in [3.05, 3.63) is 29.8 Å². The fraction of sp³-hybridized carbons (Fsp3) is 0.429. The number of methoxy groups -OCH3 is 1. The first-order valence-corrected chi connectivity index (χ1v) is 6.38. The Morgan fingerprint density at radius 2 is 2.00 bits per heavy atom. The van der Waals surface area contributed by atoms with Crippen LogP contribution in [0.5, 0.6) is 0 Å². The molecule has 1 aromatic rings. The second-order valence-electron chi connectivity index (χ2n) is 4.44. The lowest BCUT2D eigenvalue weighted by Gasteiger charge is -2.12. The van der Waals surface area contributed by atoms with E-state index in [4.69, 9.17) is 15.6 Å². The van der Waals surface area contributed by atoms with Gasteiger partial charge in [0.2, 0.25) is 5.91 Å². The predicted octanol–water partition coefficient (Wildman–Crippen LogP) is 1.01. The van der Waals surface area contributed by atoms with Gasteiger partial charge >= 0.3 is 5.97 Å². The van der Waals surface area contributed by atoms with Crippen molar-refractivity contribution < 1.29 is 19.4 Å². The normalized spacial score (nSPS) is 11.9. The van der Waals surface area contributed by atoms with E-state index in [1.807, 2.05) is 0 Å². The molecule has 0 aliphatic heterocycles. The first kappa shape index (κ1) is 16.1. The van der Waals surface area contributed by atoms with Crippen LogP contribution >= 0.6 is 0 Å². The lowest BCUT2D eigenvalue weighted by Crippen LogP contribution is -2.28. The molecule has 0 heterocycles. The number of nitrogens with one attached hydrogen (secondary N) is 1. The number of hydrogen-bond acceptors (Lipinski definition) is 4. The van der Waals surface area contributed by atoms with Crippen LogP contribution in [0.1, 0.15) is 18.4 Å². The van der Waals surface area contributed by atoms with Gasteiger partial charge in [0, 0.05) is 25.8 Å². The van der Waals surface area contributed by atoms with Gasteiger partial charge in [0.05, 0.1) is 12.5 Å². The summed E-state index contributed by atoms with van der Waals surface area (Å²) in [4.78, 5) is 22.2. The van der Waals surface area contributed by atoms with Crippen LogP contribution in [0.25, 0.3) is 0 Å². The monoisotopic (exact) mass is 280 g/mol. The van der Waals surface area contributed by atoms with Crippen LogP contribution in [0, 0.1) is 0 Å². The molecule has 20 heavy (non-hydrogen) atoms. The Bertz CT molecular complexity index is 441. The average molecular weight is 280 g/mol. The highest BCUT2D eigenvalue weighted by molar-refractivity contribution is 5.91. The van der Waals surface area contributed by atoms with E-state index in [1.54, 1.807) is 24.3 Å². The Labute approximate surface area is 117 Å². The largest absolute Gasteiger partial charge is 0.481 e. The number of aryl methyl sites for hydroxylation is 1. The van der Waals surface area contributed by atoms with Crippen LogP contribution in [0.3, 0.4) is 0 Å². The van der Waals surface area contributed by atoms with Gasteiger partial charge in [-0.1, -0.05) is 12.1 Å². The van der Waals surface area contributed by atoms with Gasteiger partial charge in [-0.2, -0.15) is 0 Å². The van der Waals surface area contributed by atoms with E-state index in [0.717, 1.165) is 5.56 Å². The molecule has 1 aromatic carbocycles. The maximum atomic E-state index is 11.7. The molecular formula is C14H20N2O4. The third-order valence-corrected chi connectivity index (χ3v) is 2.87. The van der Waals surface area contributed by atoms with Crippen LogP contribution in [0.15, 0.2) is 24.3 Å². The fourth-order valence-electron chi connectivity index (χ4n) is 1.69. The van der Waals surface area contributed by atoms with Crippen molar-refractivity contribution in [1.82, 2.24) is 0 Å². The van der Waals surface area contributed by atoms with E-state index in [-0.39, 0.29) is 31.4 Å². The second-order valence-corrected chi connectivity index (χ2v) is 4.44. The molecule has 0 saturated carbocycles. The zero-order chi connectivity index (χ0) is 15.0. The zero-order valence-corrected chi connectivity index (χ0v) is 11.5. The number of hydrogen-bond donors (Lipinski definition) is 3. The molecular weight excluding hydrogens is 260 g/mol. The molecule has 0 aliphatic carbocycles. The van der Waals surface area contributed by atoms with Gasteiger partial charge in [-0.25, -0.2) is 0 Å². The van der Waals surface area contributed by atoms with Gasteiger partial charge in [-0.05, 0) is 24.1 Å². The van der Waals surface area contributed by atoms with E-state index >= 15 is 0 Å². The summed E-state index contributed by atoms with van der Waals surface area (Å²) in [6.07, 6.45) is 0.485. The minimum Gasteiger partial charge on any atom is -0.481 e. The molecule has 0 radical (unpaired) electrons. The van der Waals surface area contributed by atoms with Gasteiger partial charge in [0.1, 0.15) is 0 Å². The summed E-state index contributed by atoms with van der Waals surface area (Å²) < 4.78 is 5.04. The molecule has 6 heteroatoms. The van der Waals surface area contributed by atoms with Gasteiger partial charge in [-0.15, -0.1) is 0 Å². The maximum Gasteiger partial charge on any atom is 0.303 e. The lowest BCUT2D eigenvalue weighted by atomic mass is 10.1. The van der Waals surface area contributed by atoms with Gasteiger partial charge < -0.3 is 20.9 Å². The van der Waals surface area contributed by atoms with Crippen LogP contribution in [-0.4, -0.2) is 36.7 Å². The van der Waals surface area contributed by atoms with E-state index in [1.165, 1.54) is 7.11 Å². The molecule has 0 spiro atoms. The van der Waals surface area contributed by atoms with Crippen LogP contribution in [0.4, 0.5) is 5.69 Å². The van der Waals surface area contributed by atoms with E-state index in [9.17, 15) is 9.59 Å². The Kier molecular flexibility index (Phi) is 6.69. The van der Waals surface area contributed by atoms with Crippen LogP contribution in [0.2, 0.25) is 0 Å². The number of carbonyl (C=O) groups excluding carboxylic acids is 1. The van der Waals surface area contributed by atoms with Crippen molar-refractivity contribution in [3.8, 4) is 0 Å². The summed E-state index contributed by atoms with van der Waals surface area (Å²) in [5, 5.41) is 11.3. The molecule has 4 N–H and O–H groups in total. The summed E-state index contributed by atoms with van der Waals surface area (Å²) in [6.45, 7) is 0.290. The van der Waals surface area contributed by atoms with Crippen LogP contribution < -0.4 is 11.1 Å². The van der Waals surface area contributed by atoms with Crippen molar-refractivity contribution >= 4 is 17.6 Å². The van der Waals surface area contributed by atoms with Crippen molar-refractivity contribution in [1.29, 1.82) is 0 Å². The molecule has 1 amide bonds. The molecule has 0 aliphatic rings. The second kappa shape index (κ2) is 8.29. The smallest absolute Gasteiger partial charge is 0.303 e. The fourth-order valence-corrected chi connectivity index (χ4v) is 1.69. The van der Waals surface area contributed by atoms with Crippen molar-refractivity contribution in [2.75, 3.05) is 19.0 Å². The Hall–Kier alpha value is -1.92. The van der Waals surface area contributed by atoms with Gasteiger partial charge in [-0.3, -0.25) is 9.59 Å². The third-order valence-electron chi connectivity index (χ3n) is 2.87. The number of rotatable bonds is 8. The summed E-state index contributed by atoms with van der Waals surface area (Å²) in [6, 6.07) is 7.10. The highest BCUT2D eigenvalue weighted by Crippen LogP contribution is 2.12. The van der Waals surface area contributed by atoms with Crippen molar-refractivity contribution in [2.24, 2.45) is 5.73 Å². The van der Waals surface area contributed by atoms with Crippen LogP contribution in [-0.2, 0) is 20.7 Å². The highest BCUT2D eigenvalue weighted by atomic mass is 16.5. The first-order valence-electron chi connectivity index (χ1n) is 6.38. The number of amides is 1. The van der Waals surface area contributed by atoms with Gasteiger partial charge in [0.25, 0.3) is 0 Å². The molecule has 1 unspecified atom stereocenters. The Morgan fingerprint density at radius 3 is 2.50 bits per heavy atom. The van der Waals surface area contributed by atoms with Crippen molar-refractivity contribution in [2.45, 2.75) is 25.4 Å². The Morgan fingerprint density at radius 1 is 1.35 bits per heavy atom. The standard InChI is InChI=1S/C14H20N2O4/c1-20-12(9-15)8-13(17)16-11-5-2-10(3-6-11)4-7-14(18)19/h2-3,5-6,12H,4,7-9,15H2,1H3,(H,16,17)(H,18,19).